The van der Waals surface area contributed by atoms with E-state index in [9.17, 15) is 4.79 Å². The highest BCUT2D eigenvalue weighted by atomic mass is 16.4. The van der Waals surface area contributed by atoms with E-state index in [1.54, 1.807) is 0 Å². The second-order valence-electron chi connectivity index (χ2n) is 7.49. The van der Waals surface area contributed by atoms with E-state index in [4.69, 9.17) is 5.11 Å². The van der Waals surface area contributed by atoms with Gasteiger partial charge in [0.1, 0.15) is 0 Å². The summed E-state index contributed by atoms with van der Waals surface area (Å²) in [7, 11) is 0. The van der Waals surface area contributed by atoms with E-state index in [2.05, 4.69) is 45.9 Å². The van der Waals surface area contributed by atoms with Gasteiger partial charge in [0.25, 0.3) is 0 Å². The molecular weight excluding hydrogens is 272 g/mol. The van der Waals surface area contributed by atoms with Crippen molar-refractivity contribution >= 4 is 5.97 Å². The van der Waals surface area contributed by atoms with E-state index in [0.717, 1.165) is 12.8 Å². The van der Waals surface area contributed by atoms with Crippen LogP contribution < -0.4 is 0 Å². The summed E-state index contributed by atoms with van der Waals surface area (Å²) in [5.41, 5.74) is 4.57. The molecule has 0 heterocycles. The molecule has 1 atom stereocenters. The van der Waals surface area contributed by atoms with Gasteiger partial charge in [-0.05, 0) is 62.9 Å². The summed E-state index contributed by atoms with van der Waals surface area (Å²) in [5.74, 6) is -0.456. The van der Waals surface area contributed by atoms with Gasteiger partial charge in [-0.1, -0.05) is 50.1 Å². The van der Waals surface area contributed by atoms with Gasteiger partial charge in [0.2, 0.25) is 0 Å². The second-order valence-corrected chi connectivity index (χ2v) is 7.49. The highest BCUT2D eigenvalue weighted by Crippen LogP contribution is 2.40. The molecule has 0 fully saturated rings. The Labute approximate surface area is 136 Å². The molecule has 1 N–H and O–H groups in total. The maximum Gasteiger partial charge on any atom is 0.303 e. The molecule has 0 aromatic rings. The lowest BCUT2D eigenvalue weighted by molar-refractivity contribution is -0.138. The van der Waals surface area contributed by atoms with E-state index in [1.165, 1.54) is 36.0 Å². The lowest BCUT2D eigenvalue weighted by atomic mass is 9.72. The van der Waals surface area contributed by atoms with Gasteiger partial charge in [-0.2, -0.15) is 0 Å². The first-order valence-electron chi connectivity index (χ1n) is 8.49. The molecule has 2 heteroatoms. The van der Waals surface area contributed by atoms with Crippen LogP contribution in [0.25, 0.3) is 0 Å². The third-order valence-corrected chi connectivity index (χ3v) is 4.70. The summed E-state index contributed by atoms with van der Waals surface area (Å²) in [5, 5.41) is 8.76. The Kier molecular flexibility index (Phi) is 7.12. The monoisotopic (exact) mass is 304 g/mol. The van der Waals surface area contributed by atoms with Crippen LogP contribution in [0.15, 0.2) is 34.9 Å². The normalized spacial score (nSPS) is 20.5. The summed E-state index contributed by atoms with van der Waals surface area (Å²) in [4.78, 5) is 10.6. The van der Waals surface area contributed by atoms with Crippen LogP contribution in [-0.2, 0) is 4.79 Å². The summed E-state index contributed by atoms with van der Waals surface area (Å²) < 4.78 is 0. The van der Waals surface area contributed by atoms with E-state index in [1.807, 2.05) is 6.92 Å². The zero-order valence-corrected chi connectivity index (χ0v) is 14.9. The number of rotatable bonds is 7. The summed E-state index contributed by atoms with van der Waals surface area (Å²) in [6.07, 6.45) is 12.7. The molecule has 124 valence electrons. The molecule has 0 aromatic carbocycles. The van der Waals surface area contributed by atoms with Crippen molar-refractivity contribution in [2.24, 2.45) is 11.3 Å². The van der Waals surface area contributed by atoms with Crippen LogP contribution in [0.2, 0.25) is 0 Å². The Morgan fingerprint density at radius 3 is 2.68 bits per heavy atom. The molecule has 0 saturated heterocycles. The van der Waals surface area contributed by atoms with Crippen LogP contribution in [0.3, 0.4) is 0 Å². The van der Waals surface area contributed by atoms with Crippen molar-refractivity contribution in [1.29, 1.82) is 0 Å². The SMILES string of the molecule is CC1=C(/C=C/C(C)=C/CCC(C)CC(=O)O)C(C)(C)CCC1. The smallest absolute Gasteiger partial charge is 0.303 e. The molecule has 1 unspecified atom stereocenters. The van der Waals surface area contributed by atoms with Crippen molar-refractivity contribution in [1.82, 2.24) is 0 Å². The highest BCUT2D eigenvalue weighted by Gasteiger charge is 2.26. The number of hydrogen-bond acceptors (Lipinski definition) is 1. The molecule has 1 aliphatic carbocycles. The molecule has 0 bridgehead atoms. The minimum atomic E-state index is -0.699. The molecule has 0 radical (unpaired) electrons. The molecule has 0 aromatic heterocycles. The molecular formula is C20H32O2. The highest BCUT2D eigenvalue weighted by molar-refractivity contribution is 5.66. The molecule has 0 aliphatic heterocycles. The molecule has 0 spiro atoms. The van der Waals surface area contributed by atoms with Gasteiger partial charge in [0.05, 0.1) is 0 Å². The standard InChI is InChI=1S/C20H32O2/c1-15(8-6-9-16(2)14-19(21)22)11-12-18-17(3)10-7-13-20(18,4)5/h8,11-12,16H,6-7,9-10,13-14H2,1-5H3,(H,21,22)/b12-11+,15-8+. The number of aliphatic carboxylic acids is 1. The molecule has 2 nitrogen and oxygen atoms in total. The minimum absolute atomic E-state index is 0.243. The third kappa shape index (κ3) is 6.21. The molecule has 0 amide bonds. The number of hydrogen-bond donors (Lipinski definition) is 1. The van der Waals surface area contributed by atoms with Gasteiger partial charge >= 0.3 is 5.97 Å². The van der Waals surface area contributed by atoms with Crippen LogP contribution in [-0.4, -0.2) is 11.1 Å². The van der Waals surface area contributed by atoms with Gasteiger partial charge < -0.3 is 5.11 Å². The van der Waals surface area contributed by atoms with Crippen molar-refractivity contribution in [3.63, 3.8) is 0 Å². The number of carboxylic acid groups (broad SMARTS) is 1. The van der Waals surface area contributed by atoms with E-state index >= 15 is 0 Å². The fraction of sp³-hybridized carbons (Fsp3) is 0.650. The summed E-state index contributed by atoms with van der Waals surface area (Å²) >= 11 is 0. The van der Waals surface area contributed by atoms with Gasteiger partial charge in [-0.25, -0.2) is 0 Å². The van der Waals surface area contributed by atoms with Crippen LogP contribution in [0.4, 0.5) is 0 Å². The first kappa shape index (κ1) is 18.7. The van der Waals surface area contributed by atoms with Crippen LogP contribution in [0, 0.1) is 11.3 Å². The fourth-order valence-corrected chi connectivity index (χ4v) is 3.29. The number of carbonyl (C=O) groups is 1. The Hall–Kier alpha value is -1.31. The minimum Gasteiger partial charge on any atom is -0.481 e. The summed E-state index contributed by atoms with van der Waals surface area (Å²) in [6, 6.07) is 0. The predicted octanol–water partition coefficient (Wildman–Crippen LogP) is 5.91. The predicted molar refractivity (Wildman–Crippen MR) is 93.9 cm³/mol. The van der Waals surface area contributed by atoms with Gasteiger partial charge in [-0.3, -0.25) is 4.79 Å². The maximum absolute atomic E-state index is 10.6. The van der Waals surface area contributed by atoms with Crippen molar-refractivity contribution < 1.29 is 9.90 Å². The average molecular weight is 304 g/mol. The average Bonchev–Trinajstić information content (AvgIpc) is 2.36. The van der Waals surface area contributed by atoms with Crippen LogP contribution in [0.5, 0.6) is 0 Å². The second kappa shape index (κ2) is 8.36. The zero-order chi connectivity index (χ0) is 16.8. The topological polar surface area (TPSA) is 37.3 Å². The van der Waals surface area contributed by atoms with Crippen molar-refractivity contribution in [3.05, 3.63) is 34.9 Å². The lowest BCUT2D eigenvalue weighted by Crippen LogP contribution is -2.19. The Morgan fingerprint density at radius 2 is 2.09 bits per heavy atom. The van der Waals surface area contributed by atoms with Crippen molar-refractivity contribution in [3.8, 4) is 0 Å². The quantitative estimate of drug-likeness (QED) is 0.594. The first-order valence-corrected chi connectivity index (χ1v) is 8.49. The molecule has 1 rings (SSSR count). The number of carboxylic acids is 1. The van der Waals surface area contributed by atoms with Gasteiger partial charge in [0, 0.05) is 6.42 Å². The van der Waals surface area contributed by atoms with Gasteiger partial charge in [0.15, 0.2) is 0 Å². The Morgan fingerprint density at radius 1 is 1.41 bits per heavy atom. The molecule has 0 saturated carbocycles. The van der Waals surface area contributed by atoms with Crippen molar-refractivity contribution in [2.45, 2.75) is 73.1 Å². The Bertz CT molecular complexity index is 478. The molecule has 22 heavy (non-hydrogen) atoms. The van der Waals surface area contributed by atoms with Gasteiger partial charge in [-0.15, -0.1) is 0 Å². The maximum atomic E-state index is 10.6. The van der Waals surface area contributed by atoms with Crippen molar-refractivity contribution in [2.75, 3.05) is 0 Å². The molecule has 1 aliphatic rings. The lowest BCUT2D eigenvalue weighted by Gasteiger charge is -2.32. The fourth-order valence-electron chi connectivity index (χ4n) is 3.29. The zero-order valence-electron chi connectivity index (χ0n) is 14.9. The number of allylic oxidation sites excluding steroid dienone is 6. The van der Waals surface area contributed by atoms with Crippen LogP contribution in [0.1, 0.15) is 73.1 Å². The van der Waals surface area contributed by atoms with E-state index < -0.39 is 5.97 Å². The van der Waals surface area contributed by atoms with Crippen LogP contribution >= 0.6 is 0 Å². The first-order chi connectivity index (χ1) is 10.2. The van der Waals surface area contributed by atoms with E-state index in [0.29, 0.717) is 0 Å². The largest absolute Gasteiger partial charge is 0.481 e. The third-order valence-electron chi connectivity index (χ3n) is 4.70. The van der Waals surface area contributed by atoms with E-state index in [-0.39, 0.29) is 17.8 Å². The summed E-state index contributed by atoms with van der Waals surface area (Å²) in [6.45, 7) is 11.1. The Balaban J connectivity index is 2.58.